The molecule has 0 unspecified atom stereocenters. The topological polar surface area (TPSA) is 39.2 Å². The summed E-state index contributed by atoms with van der Waals surface area (Å²) in [5.41, 5.74) is 2.14. The summed E-state index contributed by atoms with van der Waals surface area (Å²) < 4.78 is 5.22. The average Bonchev–Trinajstić information content (AvgIpc) is 2.52. The van der Waals surface area contributed by atoms with Crippen molar-refractivity contribution in [2.24, 2.45) is 0 Å². The summed E-state index contributed by atoms with van der Waals surface area (Å²) >= 11 is 6.04. The minimum Gasteiger partial charge on any atom is -0.466 e. The average molecular weight is 304 g/mol. The van der Waals surface area contributed by atoms with Crippen molar-refractivity contribution in [3.63, 3.8) is 0 Å². The number of hydrogen-bond acceptors (Lipinski definition) is 3. The van der Waals surface area contributed by atoms with Crippen LogP contribution in [0.3, 0.4) is 0 Å². The van der Waals surface area contributed by atoms with Gasteiger partial charge in [0.2, 0.25) is 0 Å². The highest BCUT2D eigenvalue weighted by molar-refractivity contribution is 6.31. The molecule has 0 aliphatic carbocycles. The van der Waals surface area contributed by atoms with Gasteiger partial charge in [0.25, 0.3) is 0 Å². The van der Waals surface area contributed by atoms with Gasteiger partial charge in [0, 0.05) is 23.8 Å². The second kappa shape index (κ2) is 8.42. The first kappa shape index (κ1) is 15.5. The van der Waals surface area contributed by atoms with Crippen LogP contribution in [0.1, 0.15) is 24.0 Å². The third-order valence-corrected chi connectivity index (χ3v) is 3.52. The minimum atomic E-state index is -0.180. The van der Waals surface area contributed by atoms with Crippen molar-refractivity contribution in [1.82, 2.24) is 4.98 Å². The molecule has 0 amide bonds. The van der Waals surface area contributed by atoms with E-state index >= 15 is 0 Å². The van der Waals surface area contributed by atoms with E-state index in [0.717, 1.165) is 24.0 Å². The number of rotatable bonds is 7. The van der Waals surface area contributed by atoms with Crippen molar-refractivity contribution in [2.75, 3.05) is 6.61 Å². The summed E-state index contributed by atoms with van der Waals surface area (Å²) in [5.74, 6) is -0.180. The van der Waals surface area contributed by atoms with E-state index in [1.54, 1.807) is 6.20 Å². The number of ether oxygens (including phenoxy) is 1. The molecule has 2 rings (SSSR count). The maximum atomic E-state index is 11.7. The molecule has 0 fully saturated rings. The van der Waals surface area contributed by atoms with Crippen LogP contribution in [-0.4, -0.2) is 17.6 Å². The van der Waals surface area contributed by atoms with E-state index in [1.165, 1.54) is 0 Å². The number of benzene rings is 1. The molecular weight excluding hydrogens is 286 g/mol. The molecule has 0 saturated heterocycles. The van der Waals surface area contributed by atoms with Gasteiger partial charge in [-0.1, -0.05) is 35.9 Å². The summed E-state index contributed by atoms with van der Waals surface area (Å²) in [7, 11) is 0. The highest BCUT2D eigenvalue weighted by Crippen LogP contribution is 2.16. The van der Waals surface area contributed by atoms with Crippen LogP contribution in [0.2, 0.25) is 5.02 Å². The lowest BCUT2D eigenvalue weighted by Crippen LogP contribution is -2.08. The summed E-state index contributed by atoms with van der Waals surface area (Å²) in [5, 5.41) is 0.696. The Balaban J connectivity index is 1.63. The zero-order valence-electron chi connectivity index (χ0n) is 11.8. The van der Waals surface area contributed by atoms with Gasteiger partial charge in [-0.25, -0.2) is 0 Å². The number of halogens is 1. The maximum Gasteiger partial charge on any atom is 0.306 e. The van der Waals surface area contributed by atoms with Gasteiger partial charge in [-0.2, -0.15) is 0 Å². The molecule has 2 aromatic rings. The zero-order valence-corrected chi connectivity index (χ0v) is 12.6. The van der Waals surface area contributed by atoms with Gasteiger partial charge < -0.3 is 4.74 Å². The Bertz CT molecular complexity index is 572. The fourth-order valence-corrected chi connectivity index (χ4v) is 2.25. The first-order valence-corrected chi connectivity index (χ1v) is 7.41. The zero-order chi connectivity index (χ0) is 14.9. The van der Waals surface area contributed by atoms with Crippen LogP contribution in [0.4, 0.5) is 0 Å². The van der Waals surface area contributed by atoms with Crippen molar-refractivity contribution in [2.45, 2.75) is 25.7 Å². The largest absolute Gasteiger partial charge is 0.466 e. The number of carbonyl (C=O) groups excluding carboxylic acids is 1. The van der Waals surface area contributed by atoms with Gasteiger partial charge in [0.05, 0.1) is 6.61 Å². The number of hydrogen-bond donors (Lipinski definition) is 0. The molecule has 0 spiro atoms. The number of carbonyl (C=O) groups is 1. The van der Waals surface area contributed by atoms with E-state index in [-0.39, 0.29) is 5.97 Å². The molecule has 0 saturated carbocycles. The van der Waals surface area contributed by atoms with Crippen LogP contribution in [0, 0.1) is 0 Å². The third kappa shape index (κ3) is 5.56. The standard InChI is InChI=1S/C17H18ClNO2/c18-16-8-2-1-7-15(16)9-10-17(20)21-12-4-6-14-5-3-11-19-13-14/h1-3,5,7-8,11,13H,4,6,9-10,12H2. The molecule has 110 valence electrons. The highest BCUT2D eigenvalue weighted by Gasteiger charge is 2.06. The molecule has 0 bridgehead atoms. The maximum absolute atomic E-state index is 11.7. The number of aryl methyl sites for hydroxylation is 2. The van der Waals surface area contributed by atoms with E-state index in [9.17, 15) is 4.79 Å². The lowest BCUT2D eigenvalue weighted by molar-refractivity contribution is -0.143. The lowest BCUT2D eigenvalue weighted by atomic mass is 10.1. The molecule has 0 aliphatic rings. The minimum absolute atomic E-state index is 0.180. The Morgan fingerprint density at radius 1 is 1.14 bits per heavy atom. The van der Waals surface area contributed by atoms with Gasteiger partial charge in [-0.15, -0.1) is 0 Å². The molecule has 0 radical (unpaired) electrons. The summed E-state index contributed by atoms with van der Waals surface area (Å²) in [6.07, 6.45) is 6.23. The summed E-state index contributed by atoms with van der Waals surface area (Å²) in [6, 6.07) is 11.5. The predicted octanol–water partition coefficient (Wildman–Crippen LogP) is 3.84. The highest BCUT2D eigenvalue weighted by atomic mass is 35.5. The molecule has 3 nitrogen and oxygen atoms in total. The monoisotopic (exact) mass is 303 g/mol. The molecule has 4 heteroatoms. The SMILES string of the molecule is O=C(CCc1ccccc1Cl)OCCCc1cccnc1. The third-order valence-electron chi connectivity index (χ3n) is 3.15. The van der Waals surface area contributed by atoms with Crippen molar-refractivity contribution in [3.05, 3.63) is 64.9 Å². The van der Waals surface area contributed by atoms with Crippen LogP contribution in [0.15, 0.2) is 48.8 Å². The Hall–Kier alpha value is -1.87. The quantitative estimate of drug-likeness (QED) is 0.576. The van der Waals surface area contributed by atoms with E-state index in [2.05, 4.69) is 4.98 Å². The van der Waals surface area contributed by atoms with Gasteiger partial charge >= 0.3 is 5.97 Å². The molecule has 0 N–H and O–H groups in total. The first-order valence-electron chi connectivity index (χ1n) is 7.03. The van der Waals surface area contributed by atoms with Gasteiger partial charge in [0.1, 0.15) is 0 Å². The Morgan fingerprint density at radius 3 is 2.76 bits per heavy atom. The Labute approximate surface area is 129 Å². The van der Waals surface area contributed by atoms with Crippen molar-refractivity contribution >= 4 is 17.6 Å². The number of pyridine rings is 1. The second-order valence-electron chi connectivity index (χ2n) is 4.78. The summed E-state index contributed by atoms with van der Waals surface area (Å²) in [6.45, 7) is 0.441. The molecule has 0 atom stereocenters. The Morgan fingerprint density at radius 2 is 2.00 bits per heavy atom. The molecule has 1 aromatic heterocycles. The summed E-state index contributed by atoms with van der Waals surface area (Å²) in [4.78, 5) is 15.7. The fraction of sp³-hybridized carbons (Fsp3) is 0.294. The van der Waals surface area contributed by atoms with Gasteiger partial charge in [-0.3, -0.25) is 9.78 Å². The lowest BCUT2D eigenvalue weighted by Gasteiger charge is -2.06. The van der Waals surface area contributed by atoms with Crippen LogP contribution in [0.5, 0.6) is 0 Å². The van der Waals surface area contributed by atoms with Crippen LogP contribution < -0.4 is 0 Å². The van der Waals surface area contributed by atoms with Crippen LogP contribution in [-0.2, 0) is 22.4 Å². The normalized spacial score (nSPS) is 10.3. The molecule has 1 aromatic carbocycles. The number of nitrogens with zero attached hydrogens (tertiary/aromatic N) is 1. The van der Waals surface area contributed by atoms with Gasteiger partial charge in [-0.05, 0) is 42.5 Å². The van der Waals surface area contributed by atoms with Crippen molar-refractivity contribution < 1.29 is 9.53 Å². The van der Waals surface area contributed by atoms with Gasteiger partial charge in [0.15, 0.2) is 0 Å². The van der Waals surface area contributed by atoms with E-state index in [0.29, 0.717) is 24.5 Å². The van der Waals surface area contributed by atoms with Crippen molar-refractivity contribution in [1.29, 1.82) is 0 Å². The number of esters is 1. The van der Waals surface area contributed by atoms with Crippen molar-refractivity contribution in [3.8, 4) is 0 Å². The number of aromatic nitrogens is 1. The Kier molecular flexibility index (Phi) is 6.22. The fourth-order valence-electron chi connectivity index (χ4n) is 2.02. The van der Waals surface area contributed by atoms with E-state index in [4.69, 9.17) is 16.3 Å². The molecule has 21 heavy (non-hydrogen) atoms. The van der Waals surface area contributed by atoms with E-state index < -0.39 is 0 Å². The first-order chi connectivity index (χ1) is 10.3. The van der Waals surface area contributed by atoms with Crippen LogP contribution in [0.25, 0.3) is 0 Å². The molecular formula is C17H18ClNO2. The second-order valence-corrected chi connectivity index (χ2v) is 5.18. The smallest absolute Gasteiger partial charge is 0.306 e. The predicted molar refractivity (Wildman–Crippen MR) is 83.3 cm³/mol. The van der Waals surface area contributed by atoms with E-state index in [1.807, 2.05) is 42.6 Å². The van der Waals surface area contributed by atoms with Crippen LogP contribution >= 0.6 is 11.6 Å². The molecule has 0 aliphatic heterocycles. The molecule has 1 heterocycles.